The second kappa shape index (κ2) is 10.6. The molecule has 0 spiro atoms. The van der Waals surface area contributed by atoms with Crippen LogP contribution in [-0.2, 0) is 22.0 Å². The lowest BCUT2D eigenvalue weighted by Gasteiger charge is -2.27. The van der Waals surface area contributed by atoms with Crippen LogP contribution in [0.25, 0.3) is 11.1 Å². The number of rotatable bonds is 6. The lowest BCUT2D eigenvalue weighted by Crippen LogP contribution is -2.25. The Bertz CT molecular complexity index is 1350. The molecule has 1 aliphatic rings. The minimum absolute atomic E-state index is 0.0339. The maximum Gasteiger partial charge on any atom is 0.432 e. The van der Waals surface area contributed by atoms with Crippen molar-refractivity contribution in [1.29, 1.82) is 5.26 Å². The van der Waals surface area contributed by atoms with Crippen LogP contribution in [0.4, 0.5) is 35.1 Å². The number of hydrogen-bond acceptors (Lipinski definition) is 4. The fraction of sp³-hybridized carbons (Fsp3) is 0.269. The third kappa shape index (κ3) is 5.44. The molecule has 0 N–H and O–H groups in total. The van der Waals surface area contributed by atoms with Crippen molar-refractivity contribution in [2.75, 3.05) is 13.2 Å². The minimum atomic E-state index is -4.80. The highest BCUT2D eigenvalue weighted by molar-refractivity contribution is 5.66. The van der Waals surface area contributed by atoms with Crippen molar-refractivity contribution >= 4 is 0 Å². The summed E-state index contributed by atoms with van der Waals surface area (Å²) >= 11 is 0. The van der Waals surface area contributed by atoms with Crippen LogP contribution in [-0.4, -0.2) is 13.2 Å². The van der Waals surface area contributed by atoms with Gasteiger partial charge in [-0.1, -0.05) is 6.92 Å². The third-order valence-corrected chi connectivity index (χ3v) is 5.64. The number of nitriles is 1. The van der Waals surface area contributed by atoms with Gasteiger partial charge in [-0.3, -0.25) is 0 Å². The van der Waals surface area contributed by atoms with E-state index < -0.39 is 81.7 Å². The van der Waals surface area contributed by atoms with Gasteiger partial charge >= 0.3 is 6.11 Å². The van der Waals surface area contributed by atoms with Crippen molar-refractivity contribution in [1.82, 2.24) is 0 Å². The van der Waals surface area contributed by atoms with Gasteiger partial charge in [0.25, 0.3) is 0 Å². The van der Waals surface area contributed by atoms with Crippen molar-refractivity contribution in [3.63, 3.8) is 0 Å². The summed E-state index contributed by atoms with van der Waals surface area (Å²) in [5.74, 6) is -10.2. The molecule has 0 unspecified atom stereocenters. The van der Waals surface area contributed by atoms with E-state index in [0.29, 0.717) is 12.1 Å². The van der Waals surface area contributed by atoms with E-state index in [4.69, 9.17) is 14.7 Å². The normalized spacial score (nSPS) is 17.8. The molecule has 0 bridgehead atoms. The molecule has 0 aliphatic carbocycles. The standard InChI is InChI=1S/C26H17F8NO3/c1-12-10-36-25(37-11-12)14-6-19(29)23(20(30)7-14)13-4-21(31)24(22(32)5-13)26(33,34)38-15-8-17(27)16(2-3-35)18(28)9-15/h4-9,12,25H,2,10-11H2,1H3. The van der Waals surface area contributed by atoms with Crippen LogP contribution in [0.1, 0.15) is 29.9 Å². The summed E-state index contributed by atoms with van der Waals surface area (Å²) in [5, 5.41) is 8.58. The van der Waals surface area contributed by atoms with E-state index in [1.807, 2.05) is 6.92 Å². The highest BCUT2D eigenvalue weighted by Gasteiger charge is 2.42. The first-order valence-corrected chi connectivity index (χ1v) is 11.0. The minimum Gasteiger partial charge on any atom is -0.429 e. The molecular formula is C26H17F8NO3. The number of hydrogen-bond donors (Lipinski definition) is 0. The summed E-state index contributed by atoms with van der Waals surface area (Å²) in [4.78, 5) is 0. The molecule has 1 heterocycles. The van der Waals surface area contributed by atoms with Crippen molar-refractivity contribution < 1.29 is 49.3 Å². The Balaban J connectivity index is 1.65. The molecule has 0 radical (unpaired) electrons. The lowest BCUT2D eigenvalue weighted by atomic mass is 9.99. The zero-order chi connectivity index (χ0) is 27.8. The Hall–Kier alpha value is -3.69. The predicted molar refractivity (Wildman–Crippen MR) is 116 cm³/mol. The van der Waals surface area contributed by atoms with Gasteiger partial charge in [-0.2, -0.15) is 14.0 Å². The first kappa shape index (κ1) is 27.3. The molecule has 200 valence electrons. The van der Waals surface area contributed by atoms with Gasteiger partial charge in [-0.05, 0) is 29.8 Å². The second-order valence-electron chi connectivity index (χ2n) is 8.60. The van der Waals surface area contributed by atoms with Crippen LogP contribution in [0.5, 0.6) is 5.75 Å². The van der Waals surface area contributed by atoms with E-state index in [-0.39, 0.29) is 36.8 Å². The highest BCUT2D eigenvalue weighted by Crippen LogP contribution is 2.39. The van der Waals surface area contributed by atoms with E-state index in [1.54, 1.807) is 0 Å². The lowest BCUT2D eigenvalue weighted by molar-refractivity contribution is -0.202. The first-order valence-electron chi connectivity index (χ1n) is 11.0. The number of nitrogens with zero attached hydrogens (tertiary/aromatic N) is 1. The largest absolute Gasteiger partial charge is 0.432 e. The SMILES string of the molecule is CC1COC(c2cc(F)c(-c3cc(F)c(C(F)(F)Oc4cc(F)c(CC#N)c(F)c4)c(F)c3)c(F)c2)OC1. The number of halogens is 8. The van der Waals surface area contributed by atoms with Gasteiger partial charge in [-0.25, -0.2) is 26.3 Å². The Morgan fingerprint density at radius 2 is 1.37 bits per heavy atom. The molecule has 1 aliphatic heterocycles. The van der Waals surface area contributed by atoms with Gasteiger partial charge in [0.15, 0.2) is 6.29 Å². The van der Waals surface area contributed by atoms with Crippen LogP contribution >= 0.6 is 0 Å². The molecule has 1 fully saturated rings. The molecule has 38 heavy (non-hydrogen) atoms. The van der Waals surface area contributed by atoms with Crippen molar-refractivity contribution in [2.45, 2.75) is 25.7 Å². The Kier molecular flexibility index (Phi) is 7.62. The van der Waals surface area contributed by atoms with Gasteiger partial charge in [-0.15, -0.1) is 0 Å². The molecule has 0 aromatic heterocycles. The van der Waals surface area contributed by atoms with Crippen molar-refractivity contribution in [2.24, 2.45) is 5.92 Å². The van der Waals surface area contributed by atoms with E-state index in [9.17, 15) is 35.1 Å². The summed E-state index contributed by atoms with van der Waals surface area (Å²) in [7, 11) is 0. The summed E-state index contributed by atoms with van der Waals surface area (Å²) in [5.41, 5.74) is -4.34. The fourth-order valence-corrected chi connectivity index (χ4v) is 3.88. The van der Waals surface area contributed by atoms with Crippen LogP contribution in [0.15, 0.2) is 36.4 Å². The Labute approximate surface area is 211 Å². The van der Waals surface area contributed by atoms with Crippen molar-refractivity contribution in [3.05, 3.63) is 88.0 Å². The summed E-state index contributed by atoms with van der Waals surface area (Å²) in [6, 6.07) is 4.33. The monoisotopic (exact) mass is 543 g/mol. The smallest absolute Gasteiger partial charge is 0.429 e. The number of benzene rings is 3. The van der Waals surface area contributed by atoms with Crippen LogP contribution in [0, 0.1) is 52.2 Å². The number of alkyl halides is 2. The van der Waals surface area contributed by atoms with Crippen LogP contribution in [0.3, 0.4) is 0 Å². The molecule has 4 rings (SSSR count). The maximum atomic E-state index is 14.8. The molecule has 0 saturated carbocycles. The van der Waals surface area contributed by atoms with E-state index in [1.165, 1.54) is 6.07 Å². The molecule has 4 nitrogen and oxygen atoms in total. The second-order valence-corrected chi connectivity index (χ2v) is 8.60. The predicted octanol–water partition coefficient (Wildman–Crippen LogP) is 7.06. The molecular weight excluding hydrogens is 526 g/mol. The molecule has 3 aromatic carbocycles. The van der Waals surface area contributed by atoms with Gasteiger partial charge in [0, 0.05) is 29.2 Å². The zero-order valence-electron chi connectivity index (χ0n) is 19.4. The van der Waals surface area contributed by atoms with E-state index >= 15 is 0 Å². The maximum absolute atomic E-state index is 14.8. The quantitative estimate of drug-likeness (QED) is 0.313. The Morgan fingerprint density at radius 1 is 0.842 bits per heavy atom. The average Bonchev–Trinajstić information content (AvgIpc) is 2.80. The topological polar surface area (TPSA) is 51.5 Å². The average molecular weight is 543 g/mol. The third-order valence-electron chi connectivity index (χ3n) is 5.64. The van der Waals surface area contributed by atoms with Crippen molar-refractivity contribution in [3.8, 4) is 22.9 Å². The van der Waals surface area contributed by atoms with Crippen LogP contribution < -0.4 is 4.74 Å². The molecule has 3 aromatic rings. The fourth-order valence-electron chi connectivity index (χ4n) is 3.88. The van der Waals surface area contributed by atoms with Gasteiger partial charge in [0.2, 0.25) is 0 Å². The van der Waals surface area contributed by atoms with E-state index in [0.717, 1.165) is 12.1 Å². The van der Waals surface area contributed by atoms with Crippen LogP contribution in [0.2, 0.25) is 0 Å². The molecule has 0 amide bonds. The van der Waals surface area contributed by atoms with E-state index in [2.05, 4.69) is 4.74 Å². The molecule has 1 saturated heterocycles. The molecule has 12 heteroatoms. The number of ether oxygens (including phenoxy) is 3. The van der Waals surface area contributed by atoms with Gasteiger partial charge in [0.05, 0.1) is 31.3 Å². The highest BCUT2D eigenvalue weighted by atomic mass is 19.3. The van der Waals surface area contributed by atoms with Gasteiger partial charge in [0.1, 0.15) is 46.2 Å². The summed E-state index contributed by atoms with van der Waals surface area (Å²) < 4.78 is 131. The summed E-state index contributed by atoms with van der Waals surface area (Å²) in [6.07, 6.45) is -6.57. The Morgan fingerprint density at radius 3 is 1.87 bits per heavy atom. The van der Waals surface area contributed by atoms with Gasteiger partial charge < -0.3 is 14.2 Å². The first-order chi connectivity index (χ1) is 17.9. The summed E-state index contributed by atoms with van der Waals surface area (Å²) in [6.45, 7) is 2.38. The molecule has 0 atom stereocenters. The zero-order valence-corrected chi connectivity index (χ0v) is 19.4.